The van der Waals surface area contributed by atoms with Gasteiger partial charge in [0.2, 0.25) is 0 Å². The van der Waals surface area contributed by atoms with Crippen LogP contribution in [0, 0.1) is 32.1 Å². The molecule has 0 radical (unpaired) electrons. The standard InChI is InChI=1S/C17H21ClN6/c1-11-15(8-19)17(21-12(2)16(11)18)24-6-4-23(5-7-24)10-14-9-20-13(3)22-14/h9H,4-7,10H2,1-3H3,(H,20,22). The molecule has 0 saturated carbocycles. The number of aryl methyl sites for hydroxylation is 2. The van der Waals surface area contributed by atoms with E-state index in [9.17, 15) is 5.26 Å². The number of anilines is 1. The molecule has 1 fully saturated rings. The Labute approximate surface area is 147 Å². The number of rotatable bonds is 3. The van der Waals surface area contributed by atoms with Crippen LogP contribution >= 0.6 is 11.6 Å². The molecule has 3 rings (SSSR count). The maximum absolute atomic E-state index is 9.50. The van der Waals surface area contributed by atoms with Gasteiger partial charge in [-0.1, -0.05) is 11.6 Å². The van der Waals surface area contributed by atoms with Crippen molar-refractivity contribution in [3.63, 3.8) is 0 Å². The lowest BCUT2D eigenvalue weighted by molar-refractivity contribution is 0.247. The van der Waals surface area contributed by atoms with E-state index < -0.39 is 0 Å². The highest BCUT2D eigenvalue weighted by Gasteiger charge is 2.23. The van der Waals surface area contributed by atoms with Gasteiger partial charge in [-0.15, -0.1) is 0 Å². The second kappa shape index (κ2) is 6.80. The van der Waals surface area contributed by atoms with Crippen molar-refractivity contribution in [3.05, 3.63) is 39.6 Å². The molecule has 126 valence electrons. The highest BCUT2D eigenvalue weighted by atomic mass is 35.5. The van der Waals surface area contributed by atoms with Crippen molar-refractivity contribution in [2.24, 2.45) is 0 Å². The van der Waals surface area contributed by atoms with Crippen LogP contribution in [-0.4, -0.2) is 46.0 Å². The van der Waals surface area contributed by atoms with E-state index in [-0.39, 0.29) is 0 Å². The maximum Gasteiger partial charge on any atom is 0.147 e. The number of nitriles is 1. The Hall–Kier alpha value is -2.10. The maximum atomic E-state index is 9.50. The molecule has 7 heteroatoms. The van der Waals surface area contributed by atoms with Gasteiger partial charge in [-0.05, 0) is 26.3 Å². The topological polar surface area (TPSA) is 71.8 Å². The first kappa shape index (κ1) is 16.7. The summed E-state index contributed by atoms with van der Waals surface area (Å²) in [4.78, 5) is 16.7. The van der Waals surface area contributed by atoms with E-state index >= 15 is 0 Å². The van der Waals surface area contributed by atoms with Gasteiger partial charge in [-0.3, -0.25) is 4.90 Å². The predicted octanol–water partition coefficient (Wildman–Crippen LogP) is 2.58. The molecule has 0 aromatic carbocycles. The van der Waals surface area contributed by atoms with Gasteiger partial charge < -0.3 is 9.88 Å². The lowest BCUT2D eigenvalue weighted by atomic mass is 10.1. The number of aromatic nitrogens is 3. The van der Waals surface area contributed by atoms with E-state index in [0.717, 1.165) is 61.3 Å². The van der Waals surface area contributed by atoms with Gasteiger partial charge in [0.1, 0.15) is 17.7 Å². The normalized spacial score (nSPS) is 15.5. The fourth-order valence-electron chi connectivity index (χ4n) is 3.09. The molecule has 24 heavy (non-hydrogen) atoms. The first-order valence-corrected chi connectivity index (χ1v) is 8.42. The molecule has 1 aliphatic heterocycles. The highest BCUT2D eigenvalue weighted by molar-refractivity contribution is 6.32. The molecular formula is C17H21ClN6. The summed E-state index contributed by atoms with van der Waals surface area (Å²) in [7, 11) is 0. The summed E-state index contributed by atoms with van der Waals surface area (Å²) < 4.78 is 0. The Kier molecular flexibility index (Phi) is 4.74. The number of piperazine rings is 1. The SMILES string of the molecule is Cc1ncc(CN2CCN(c3nc(C)c(Cl)c(C)c3C#N)CC2)[nH]1. The van der Waals surface area contributed by atoms with Crippen LogP contribution in [0.3, 0.4) is 0 Å². The van der Waals surface area contributed by atoms with Gasteiger partial charge in [0.25, 0.3) is 0 Å². The third-order valence-corrected chi connectivity index (χ3v) is 5.01. The Morgan fingerprint density at radius 2 is 1.96 bits per heavy atom. The van der Waals surface area contributed by atoms with Gasteiger partial charge >= 0.3 is 0 Å². The Balaban J connectivity index is 1.72. The third-order valence-electron chi connectivity index (χ3n) is 4.45. The van der Waals surface area contributed by atoms with Gasteiger partial charge in [-0.2, -0.15) is 5.26 Å². The van der Waals surface area contributed by atoms with Crippen LogP contribution in [0.25, 0.3) is 0 Å². The summed E-state index contributed by atoms with van der Waals surface area (Å²) in [5.74, 6) is 1.70. The van der Waals surface area contributed by atoms with Crippen LogP contribution < -0.4 is 4.90 Å². The van der Waals surface area contributed by atoms with Crippen LogP contribution in [-0.2, 0) is 6.54 Å². The summed E-state index contributed by atoms with van der Waals surface area (Å²) in [6, 6.07) is 2.27. The molecule has 1 saturated heterocycles. The lowest BCUT2D eigenvalue weighted by Crippen LogP contribution is -2.46. The highest BCUT2D eigenvalue weighted by Crippen LogP contribution is 2.29. The third kappa shape index (κ3) is 3.23. The Morgan fingerprint density at radius 1 is 1.25 bits per heavy atom. The molecule has 1 aliphatic rings. The molecule has 0 unspecified atom stereocenters. The molecule has 0 spiro atoms. The molecule has 0 amide bonds. The minimum absolute atomic E-state index is 0.586. The van der Waals surface area contributed by atoms with Crippen molar-refractivity contribution in [2.75, 3.05) is 31.1 Å². The second-order valence-corrected chi connectivity index (χ2v) is 6.58. The zero-order chi connectivity index (χ0) is 17.3. The van der Waals surface area contributed by atoms with Gasteiger partial charge in [-0.25, -0.2) is 9.97 Å². The molecule has 0 atom stereocenters. The number of pyridine rings is 1. The molecule has 0 bridgehead atoms. The summed E-state index contributed by atoms with van der Waals surface area (Å²) in [5.41, 5.74) is 3.31. The van der Waals surface area contributed by atoms with Crippen LogP contribution in [0.5, 0.6) is 0 Å². The van der Waals surface area contributed by atoms with Crippen LogP contribution in [0.1, 0.15) is 28.3 Å². The van der Waals surface area contributed by atoms with Crippen molar-refractivity contribution in [3.8, 4) is 6.07 Å². The molecule has 0 aliphatic carbocycles. The number of nitrogens with zero attached hydrogens (tertiary/aromatic N) is 5. The zero-order valence-electron chi connectivity index (χ0n) is 14.2. The quantitative estimate of drug-likeness (QED) is 0.926. The summed E-state index contributed by atoms with van der Waals surface area (Å²) >= 11 is 6.24. The fourth-order valence-corrected chi connectivity index (χ4v) is 3.22. The molecular weight excluding hydrogens is 324 g/mol. The van der Waals surface area contributed by atoms with Crippen LogP contribution in [0.15, 0.2) is 6.20 Å². The minimum atomic E-state index is 0.586. The largest absolute Gasteiger partial charge is 0.353 e. The van der Waals surface area contributed by atoms with Crippen LogP contribution in [0.4, 0.5) is 5.82 Å². The fraction of sp³-hybridized carbons (Fsp3) is 0.471. The van der Waals surface area contributed by atoms with E-state index in [2.05, 4.69) is 30.8 Å². The number of halogens is 1. The number of hydrogen-bond acceptors (Lipinski definition) is 5. The average Bonchev–Trinajstić information content (AvgIpc) is 2.98. The molecule has 6 nitrogen and oxygen atoms in total. The predicted molar refractivity (Wildman–Crippen MR) is 94.3 cm³/mol. The smallest absolute Gasteiger partial charge is 0.147 e. The van der Waals surface area contributed by atoms with Gasteiger partial charge in [0.05, 0.1) is 16.3 Å². The number of imidazole rings is 1. The number of H-pyrrole nitrogens is 1. The second-order valence-electron chi connectivity index (χ2n) is 6.20. The minimum Gasteiger partial charge on any atom is -0.353 e. The molecule has 2 aromatic rings. The van der Waals surface area contributed by atoms with Crippen molar-refractivity contribution in [2.45, 2.75) is 27.3 Å². The molecule has 1 N–H and O–H groups in total. The number of hydrogen-bond donors (Lipinski definition) is 1. The summed E-state index contributed by atoms with van der Waals surface area (Å²) in [6.45, 7) is 10.1. The van der Waals surface area contributed by atoms with Gasteiger partial charge in [0.15, 0.2) is 0 Å². The Morgan fingerprint density at radius 3 is 2.54 bits per heavy atom. The van der Waals surface area contributed by atoms with E-state index in [0.29, 0.717) is 10.6 Å². The zero-order valence-corrected chi connectivity index (χ0v) is 15.0. The van der Waals surface area contributed by atoms with E-state index in [1.807, 2.05) is 27.0 Å². The molecule has 3 heterocycles. The van der Waals surface area contributed by atoms with E-state index in [4.69, 9.17) is 11.6 Å². The van der Waals surface area contributed by atoms with Crippen molar-refractivity contribution in [1.82, 2.24) is 19.9 Å². The van der Waals surface area contributed by atoms with Crippen molar-refractivity contribution in [1.29, 1.82) is 5.26 Å². The average molecular weight is 345 g/mol. The van der Waals surface area contributed by atoms with E-state index in [1.165, 1.54) is 0 Å². The van der Waals surface area contributed by atoms with Crippen molar-refractivity contribution >= 4 is 17.4 Å². The summed E-state index contributed by atoms with van der Waals surface area (Å²) in [6.07, 6.45) is 1.89. The lowest BCUT2D eigenvalue weighted by Gasteiger charge is -2.35. The Bertz CT molecular complexity index is 783. The van der Waals surface area contributed by atoms with Crippen molar-refractivity contribution < 1.29 is 0 Å². The first-order chi connectivity index (χ1) is 11.5. The van der Waals surface area contributed by atoms with E-state index in [1.54, 1.807) is 0 Å². The molecule has 2 aromatic heterocycles. The number of aromatic amines is 1. The van der Waals surface area contributed by atoms with Crippen LogP contribution in [0.2, 0.25) is 5.02 Å². The number of nitrogens with one attached hydrogen (secondary N) is 1. The van der Waals surface area contributed by atoms with Gasteiger partial charge in [0, 0.05) is 44.6 Å². The first-order valence-electron chi connectivity index (χ1n) is 8.04. The summed E-state index contributed by atoms with van der Waals surface area (Å²) in [5, 5.41) is 10.1. The monoisotopic (exact) mass is 344 g/mol.